The molecule has 0 radical (unpaired) electrons. The first-order valence-electron chi connectivity index (χ1n) is 11.4. The molecular weight excluding hydrogens is 535 g/mol. The van der Waals surface area contributed by atoms with Crippen LogP contribution in [0.4, 0.5) is 24.5 Å². The summed E-state index contributed by atoms with van der Waals surface area (Å²) in [7, 11) is 0. The van der Waals surface area contributed by atoms with Crippen LogP contribution in [0.5, 0.6) is 5.75 Å². The fourth-order valence-electron chi connectivity index (χ4n) is 3.53. The van der Waals surface area contributed by atoms with Gasteiger partial charge in [-0.05, 0) is 68.4 Å². The van der Waals surface area contributed by atoms with E-state index in [9.17, 15) is 22.8 Å². The molecule has 2 amide bonds. The SMILES string of the molecule is CC(=O)Nc1ccc(NC(=O)c2nnn(-c3ccc(OC(F)(F)F)cc3)c2CSc2nc(C)cc(C)n2)cc1. The summed E-state index contributed by atoms with van der Waals surface area (Å²) in [5, 5.41) is 14.0. The Bertz CT molecular complexity index is 1470. The quantitative estimate of drug-likeness (QED) is 0.227. The van der Waals surface area contributed by atoms with Gasteiger partial charge in [0.15, 0.2) is 10.9 Å². The van der Waals surface area contributed by atoms with Gasteiger partial charge in [-0.3, -0.25) is 9.59 Å². The van der Waals surface area contributed by atoms with E-state index in [1.165, 1.54) is 35.5 Å². The minimum absolute atomic E-state index is 0.00781. The summed E-state index contributed by atoms with van der Waals surface area (Å²) in [6.07, 6.45) is -4.83. The zero-order chi connectivity index (χ0) is 28.2. The lowest BCUT2D eigenvalue weighted by molar-refractivity contribution is -0.274. The van der Waals surface area contributed by atoms with Gasteiger partial charge in [0.1, 0.15) is 5.75 Å². The number of carbonyl (C=O) groups is 2. The van der Waals surface area contributed by atoms with Crippen molar-refractivity contribution in [2.75, 3.05) is 10.6 Å². The van der Waals surface area contributed by atoms with E-state index in [4.69, 9.17) is 0 Å². The molecule has 2 aromatic heterocycles. The average molecular weight is 558 g/mol. The van der Waals surface area contributed by atoms with Crippen LogP contribution in [0.2, 0.25) is 0 Å². The molecule has 2 aromatic carbocycles. The number of amides is 2. The number of halogens is 3. The van der Waals surface area contributed by atoms with Crippen LogP contribution >= 0.6 is 11.8 Å². The van der Waals surface area contributed by atoms with E-state index in [1.54, 1.807) is 24.3 Å². The lowest BCUT2D eigenvalue weighted by Crippen LogP contribution is -2.17. The van der Waals surface area contributed by atoms with Gasteiger partial charge >= 0.3 is 6.36 Å². The fourth-order valence-corrected chi connectivity index (χ4v) is 4.47. The van der Waals surface area contributed by atoms with Gasteiger partial charge in [-0.15, -0.1) is 18.3 Å². The van der Waals surface area contributed by atoms with Crippen LogP contribution in [0.3, 0.4) is 0 Å². The maximum absolute atomic E-state index is 13.2. The standard InChI is InChI=1S/C25H22F3N7O3S/c1-14-12-15(2)30-24(29-14)39-13-21-22(23(37)32-18-6-4-17(5-7-18)31-16(3)36)33-34-35(21)19-8-10-20(11-9-19)38-25(26,27)28/h4-12H,13H2,1-3H3,(H,31,36)(H,32,37). The highest BCUT2D eigenvalue weighted by molar-refractivity contribution is 7.98. The van der Waals surface area contributed by atoms with Gasteiger partial charge in [0, 0.05) is 35.4 Å². The number of nitrogens with zero attached hydrogens (tertiary/aromatic N) is 5. The van der Waals surface area contributed by atoms with Gasteiger partial charge in [0.05, 0.1) is 11.4 Å². The van der Waals surface area contributed by atoms with Gasteiger partial charge in [-0.25, -0.2) is 14.6 Å². The monoisotopic (exact) mass is 557 g/mol. The second-order valence-corrected chi connectivity index (χ2v) is 9.22. The van der Waals surface area contributed by atoms with E-state index in [-0.39, 0.29) is 17.4 Å². The van der Waals surface area contributed by atoms with Crippen LogP contribution in [0.15, 0.2) is 59.8 Å². The summed E-state index contributed by atoms with van der Waals surface area (Å²) in [5.41, 5.74) is 3.32. The summed E-state index contributed by atoms with van der Waals surface area (Å²) in [6, 6.07) is 13.4. The molecule has 4 rings (SSSR count). The number of thioether (sulfide) groups is 1. The number of benzene rings is 2. The highest BCUT2D eigenvalue weighted by Crippen LogP contribution is 2.27. The third-order valence-electron chi connectivity index (χ3n) is 5.06. The number of nitrogens with one attached hydrogen (secondary N) is 2. The van der Waals surface area contributed by atoms with Crippen molar-refractivity contribution < 1.29 is 27.5 Å². The molecule has 4 aromatic rings. The van der Waals surface area contributed by atoms with Crippen LogP contribution in [0.1, 0.15) is 34.5 Å². The Morgan fingerprint density at radius 1 is 0.949 bits per heavy atom. The highest BCUT2D eigenvalue weighted by Gasteiger charge is 2.31. The number of hydrogen-bond donors (Lipinski definition) is 2. The molecule has 0 bridgehead atoms. The molecule has 0 aliphatic carbocycles. The molecule has 14 heteroatoms. The van der Waals surface area contributed by atoms with E-state index < -0.39 is 18.0 Å². The Morgan fingerprint density at radius 3 is 2.10 bits per heavy atom. The van der Waals surface area contributed by atoms with Gasteiger partial charge in [-0.1, -0.05) is 17.0 Å². The Morgan fingerprint density at radius 2 is 1.54 bits per heavy atom. The van der Waals surface area contributed by atoms with Crippen molar-refractivity contribution in [3.8, 4) is 11.4 Å². The van der Waals surface area contributed by atoms with Crippen LogP contribution < -0.4 is 15.4 Å². The Hall–Kier alpha value is -4.46. The van der Waals surface area contributed by atoms with Crippen molar-refractivity contribution in [2.45, 2.75) is 38.0 Å². The first-order valence-corrected chi connectivity index (χ1v) is 12.4. The molecule has 0 unspecified atom stereocenters. The molecule has 0 atom stereocenters. The average Bonchev–Trinajstić information content (AvgIpc) is 3.27. The molecule has 0 spiro atoms. The van der Waals surface area contributed by atoms with Crippen molar-refractivity contribution in [1.29, 1.82) is 0 Å². The molecule has 0 fully saturated rings. The number of alkyl halides is 3. The van der Waals surface area contributed by atoms with E-state index in [0.29, 0.717) is 27.9 Å². The molecule has 10 nitrogen and oxygen atoms in total. The van der Waals surface area contributed by atoms with Crippen molar-refractivity contribution in [1.82, 2.24) is 25.0 Å². The summed E-state index contributed by atoms with van der Waals surface area (Å²) in [6.45, 7) is 5.06. The lowest BCUT2D eigenvalue weighted by atomic mass is 10.2. The number of carbonyl (C=O) groups excluding carboxylic acids is 2. The van der Waals surface area contributed by atoms with E-state index >= 15 is 0 Å². The number of rotatable bonds is 8. The Kier molecular flexibility index (Phi) is 8.14. The summed E-state index contributed by atoms with van der Waals surface area (Å²) in [5.74, 6) is -0.994. The normalized spacial score (nSPS) is 11.2. The number of aromatic nitrogens is 5. The molecule has 0 saturated carbocycles. The number of aryl methyl sites for hydroxylation is 2. The van der Waals surface area contributed by atoms with Crippen molar-refractivity contribution >= 4 is 35.0 Å². The maximum atomic E-state index is 13.2. The highest BCUT2D eigenvalue weighted by atomic mass is 32.2. The second-order valence-electron chi connectivity index (χ2n) is 8.27. The minimum atomic E-state index is -4.83. The molecule has 202 valence electrons. The second kappa shape index (κ2) is 11.5. The Balaban J connectivity index is 1.62. The molecule has 2 heterocycles. The smallest absolute Gasteiger partial charge is 0.406 e. The van der Waals surface area contributed by atoms with E-state index in [2.05, 4.69) is 35.7 Å². The zero-order valence-electron chi connectivity index (χ0n) is 20.9. The molecule has 0 saturated heterocycles. The van der Waals surface area contributed by atoms with Crippen LogP contribution in [-0.4, -0.2) is 43.1 Å². The first-order chi connectivity index (χ1) is 18.5. The van der Waals surface area contributed by atoms with Crippen LogP contribution in [-0.2, 0) is 10.5 Å². The largest absolute Gasteiger partial charge is 0.573 e. The summed E-state index contributed by atoms with van der Waals surface area (Å²) < 4.78 is 43.0. The third kappa shape index (κ3) is 7.54. The summed E-state index contributed by atoms with van der Waals surface area (Å²) in [4.78, 5) is 33.2. The van der Waals surface area contributed by atoms with Crippen LogP contribution in [0.25, 0.3) is 5.69 Å². The first kappa shape index (κ1) is 27.6. The van der Waals surface area contributed by atoms with Crippen molar-refractivity contribution in [3.05, 3.63) is 77.4 Å². The maximum Gasteiger partial charge on any atom is 0.573 e. The number of hydrogen-bond acceptors (Lipinski definition) is 8. The number of anilines is 2. The predicted octanol–water partition coefficient (Wildman–Crippen LogP) is 5.08. The molecule has 0 aliphatic rings. The molecule has 2 N–H and O–H groups in total. The van der Waals surface area contributed by atoms with Gasteiger partial charge in [-0.2, -0.15) is 0 Å². The van der Waals surface area contributed by atoms with Crippen molar-refractivity contribution in [2.24, 2.45) is 0 Å². The van der Waals surface area contributed by atoms with Gasteiger partial charge in [0.25, 0.3) is 5.91 Å². The van der Waals surface area contributed by atoms with Gasteiger partial charge in [0.2, 0.25) is 5.91 Å². The van der Waals surface area contributed by atoms with Gasteiger partial charge < -0.3 is 15.4 Å². The molecule has 0 aliphatic heterocycles. The molecule has 39 heavy (non-hydrogen) atoms. The third-order valence-corrected chi connectivity index (χ3v) is 5.91. The molecular formula is C25H22F3N7O3S. The van der Waals surface area contributed by atoms with Crippen molar-refractivity contribution in [3.63, 3.8) is 0 Å². The van der Waals surface area contributed by atoms with E-state index in [0.717, 1.165) is 23.5 Å². The summed E-state index contributed by atoms with van der Waals surface area (Å²) >= 11 is 1.26. The lowest BCUT2D eigenvalue weighted by Gasteiger charge is -2.11. The van der Waals surface area contributed by atoms with Crippen LogP contribution in [0, 0.1) is 13.8 Å². The Labute approximate surface area is 225 Å². The zero-order valence-corrected chi connectivity index (χ0v) is 21.7. The predicted molar refractivity (Wildman–Crippen MR) is 138 cm³/mol. The van der Waals surface area contributed by atoms with E-state index in [1.807, 2.05) is 19.9 Å². The fraction of sp³-hybridized carbons (Fsp3) is 0.200. The minimum Gasteiger partial charge on any atom is -0.406 e. The number of ether oxygens (including phenoxy) is 1. The topological polar surface area (TPSA) is 124 Å².